The second kappa shape index (κ2) is 13.2. The van der Waals surface area contributed by atoms with Crippen molar-refractivity contribution in [2.45, 2.75) is 78.4 Å². The zero-order valence-corrected chi connectivity index (χ0v) is 24.4. The predicted octanol–water partition coefficient (Wildman–Crippen LogP) is 6.76. The molecular formula is C34H42N2O4. The largest absolute Gasteiger partial charge is 0.354 e. The molecule has 40 heavy (non-hydrogen) atoms. The Balaban J connectivity index is 1.50. The number of methoxy groups -OCH3 is 1. The van der Waals surface area contributed by atoms with E-state index in [1.165, 1.54) is 21.6 Å². The van der Waals surface area contributed by atoms with E-state index in [-0.39, 0.29) is 11.9 Å². The molecule has 1 N–H and O–H groups in total. The molecular weight excluding hydrogens is 500 g/mol. The van der Waals surface area contributed by atoms with Crippen molar-refractivity contribution in [3.8, 4) is 0 Å². The monoisotopic (exact) mass is 542 g/mol. The van der Waals surface area contributed by atoms with Gasteiger partial charge in [-0.1, -0.05) is 91.3 Å². The maximum Gasteiger partial charge on any atom is 0.325 e. The van der Waals surface area contributed by atoms with E-state index in [2.05, 4.69) is 55.6 Å². The summed E-state index contributed by atoms with van der Waals surface area (Å²) in [5, 5.41) is 3.00. The lowest BCUT2D eigenvalue weighted by atomic mass is 9.68. The van der Waals surface area contributed by atoms with Crippen molar-refractivity contribution in [3.63, 3.8) is 0 Å². The summed E-state index contributed by atoms with van der Waals surface area (Å²) in [4.78, 5) is 28.5. The lowest BCUT2D eigenvalue weighted by molar-refractivity contribution is -0.223. The number of carbonyl (C=O) groups is 2. The van der Waals surface area contributed by atoms with Gasteiger partial charge in [0.25, 0.3) is 0 Å². The van der Waals surface area contributed by atoms with Gasteiger partial charge < -0.3 is 14.8 Å². The van der Waals surface area contributed by atoms with Crippen molar-refractivity contribution in [3.05, 3.63) is 107 Å². The minimum atomic E-state index is -0.787. The summed E-state index contributed by atoms with van der Waals surface area (Å²) in [5.74, 6) is -0.197. The first kappa shape index (κ1) is 29.5. The molecule has 1 aliphatic heterocycles. The van der Waals surface area contributed by atoms with Crippen LogP contribution in [0.25, 0.3) is 0 Å². The van der Waals surface area contributed by atoms with Crippen molar-refractivity contribution in [2.75, 3.05) is 7.11 Å². The number of carbonyl (C=O) groups excluding carboxylic acids is 2. The van der Waals surface area contributed by atoms with E-state index in [1.54, 1.807) is 7.11 Å². The zero-order chi connectivity index (χ0) is 28.7. The lowest BCUT2D eigenvalue weighted by Crippen LogP contribution is -2.75. The molecule has 4 rings (SSSR count). The average molecular weight is 543 g/mol. The van der Waals surface area contributed by atoms with Gasteiger partial charge in [-0.25, -0.2) is 4.79 Å². The van der Waals surface area contributed by atoms with Gasteiger partial charge in [0.1, 0.15) is 6.04 Å². The molecule has 3 aromatic rings. The summed E-state index contributed by atoms with van der Waals surface area (Å²) in [5.41, 5.74) is 4.91. The zero-order valence-electron chi connectivity index (χ0n) is 24.4. The minimum Gasteiger partial charge on any atom is -0.354 e. The molecule has 212 valence electrons. The molecule has 4 unspecified atom stereocenters. The van der Waals surface area contributed by atoms with E-state index in [0.29, 0.717) is 13.0 Å². The molecule has 0 spiro atoms. The third kappa shape index (κ3) is 6.62. The third-order valence-electron chi connectivity index (χ3n) is 8.11. The van der Waals surface area contributed by atoms with Crippen molar-refractivity contribution >= 4 is 11.9 Å². The Kier molecular flexibility index (Phi) is 9.77. The van der Waals surface area contributed by atoms with E-state index in [9.17, 15) is 9.59 Å². The van der Waals surface area contributed by atoms with Gasteiger partial charge >= 0.3 is 6.03 Å². The van der Waals surface area contributed by atoms with Gasteiger partial charge in [-0.15, -0.1) is 0 Å². The highest BCUT2D eigenvalue weighted by Crippen LogP contribution is 2.46. The van der Waals surface area contributed by atoms with E-state index >= 15 is 0 Å². The summed E-state index contributed by atoms with van der Waals surface area (Å²) in [6.07, 6.45) is 2.50. The number of ether oxygens (including phenoxy) is 2. The van der Waals surface area contributed by atoms with Gasteiger partial charge in [0.15, 0.2) is 6.29 Å². The summed E-state index contributed by atoms with van der Waals surface area (Å²) < 4.78 is 12.1. The molecule has 0 saturated carbocycles. The molecule has 6 heteroatoms. The van der Waals surface area contributed by atoms with Crippen LogP contribution in [0.3, 0.4) is 0 Å². The van der Waals surface area contributed by atoms with E-state index < -0.39 is 23.8 Å². The Morgan fingerprint density at radius 1 is 0.975 bits per heavy atom. The van der Waals surface area contributed by atoms with Crippen LogP contribution < -0.4 is 5.32 Å². The first-order chi connectivity index (χ1) is 19.3. The maximum atomic E-state index is 13.7. The number of nitrogens with one attached hydrogen (secondary N) is 1. The van der Waals surface area contributed by atoms with Gasteiger partial charge in [-0.05, 0) is 68.7 Å². The first-order valence-electron chi connectivity index (χ1n) is 14.2. The fourth-order valence-corrected chi connectivity index (χ4v) is 5.47. The standard InChI is InChI=1S/C34H42N2O4/c1-6-26-18-20-28(21-19-26)23-40-31(39-5)30-34(4,22-10-11-27-16-14-24(2)15-17-27)32(37)36(30)33(38)35-25(3)29-12-8-7-9-13-29/h7-9,12-21,25,30-31H,6,10-11,22-23H2,1-5H3,(H,35,38). The van der Waals surface area contributed by atoms with Crippen LogP contribution in [0.4, 0.5) is 4.79 Å². The lowest BCUT2D eigenvalue weighted by Gasteiger charge is -2.55. The van der Waals surface area contributed by atoms with Crippen molar-refractivity contribution in [1.82, 2.24) is 10.2 Å². The maximum absolute atomic E-state index is 13.7. The Morgan fingerprint density at radius 3 is 2.23 bits per heavy atom. The Hall–Kier alpha value is -3.48. The smallest absolute Gasteiger partial charge is 0.325 e. The van der Waals surface area contributed by atoms with E-state index in [0.717, 1.165) is 30.4 Å². The Labute approximate surface area is 238 Å². The fourth-order valence-electron chi connectivity index (χ4n) is 5.47. The Bertz CT molecular complexity index is 1260. The van der Waals surface area contributed by atoms with Gasteiger partial charge in [0, 0.05) is 7.11 Å². The highest BCUT2D eigenvalue weighted by molar-refractivity contribution is 6.03. The minimum absolute atomic E-state index is 0.197. The molecule has 3 aromatic carbocycles. The normalized spacial score (nSPS) is 20.1. The summed E-state index contributed by atoms with van der Waals surface area (Å²) >= 11 is 0. The number of benzene rings is 3. The fraction of sp³-hybridized carbons (Fsp3) is 0.412. The number of rotatable bonds is 12. The van der Waals surface area contributed by atoms with E-state index in [4.69, 9.17) is 9.47 Å². The van der Waals surface area contributed by atoms with Crippen LogP contribution in [-0.2, 0) is 33.7 Å². The Morgan fingerprint density at radius 2 is 1.60 bits per heavy atom. The summed E-state index contributed by atoms with van der Waals surface area (Å²) in [6, 6.07) is 25.2. The molecule has 0 aliphatic carbocycles. The predicted molar refractivity (Wildman–Crippen MR) is 158 cm³/mol. The number of likely N-dealkylation sites (tertiary alicyclic amines) is 1. The SMILES string of the molecule is CCc1ccc(COC(OC)C2N(C(=O)NC(C)c3ccccc3)C(=O)C2(C)CCCc2ccc(C)cc2)cc1. The van der Waals surface area contributed by atoms with E-state index in [1.807, 2.05) is 56.3 Å². The molecule has 1 fully saturated rings. The van der Waals surface area contributed by atoms with Crippen LogP contribution in [-0.4, -0.2) is 36.3 Å². The molecule has 6 nitrogen and oxygen atoms in total. The molecule has 0 bridgehead atoms. The van der Waals surface area contributed by atoms with Gasteiger partial charge in [-0.3, -0.25) is 9.69 Å². The molecule has 1 saturated heterocycles. The van der Waals surface area contributed by atoms with Crippen LogP contribution in [0.15, 0.2) is 78.9 Å². The molecule has 0 radical (unpaired) electrons. The summed E-state index contributed by atoms with van der Waals surface area (Å²) in [6.45, 7) is 8.37. The van der Waals surface area contributed by atoms with Gasteiger partial charge in [0.2, 0.25) is 5.91 Å². The number of aryl methyl sites for hydroxylation is 3. The van der Waals surface area contributed by atoms with Crippen LogP contribution in [0, 0.1) is 12.3 Å². The number of hydrogen-bond donors (Lipinski definition) is 1. The highest BCUT2D eigenvalue weighted by Gasteiger charge is 2.63. The second-order valence-electron chi connectivity index (χ2n) is 11.0. The molecule has 4 atom stereocenters. The van der Waals surface area contributed by atoms with Gasteiger partial charge in [0.05, 0.1) is 18.1 Å². The van der Waals surface area contributed by atoms with Crippen LogP contribution >= 0.6 is 0 Å². The summed E-state index contributed by atoms with van der Waals surface area (Å²) in [7, 11) is 1.57. The number of amides is 3. The van der Waals surface area contributed by atoms with Crippen molar-refractivity contribution in [2.24, 2.45) is 5.41 Å². The third-order valence-corrected chi connectivity index (χ3v) is 8.11. The number of hydrogen-bond acceptors (Lipinski definition) is 4. The molecule has 1 heterocycles. The van der Waals surface area contributed by atoms with Crippen molar-refractivity contribution < 1.29 is 19.1 Å². The van der Waals surface area contributed by atoms with Crippen LogP contribution in [0.5, 0.6) is 0 Å². The topological polar surface area (TPSA) is 67.9 Å². The molecule has 0 aromatic heterocycles. The van der Waals surface area contributed by atoms with Gasteiger partial charge in [-0.2, -0.15) is 0 Å². The number of urea groups is 1. The average Bonchev–Trinajstić information content (AvgIpc) is 2.98. The molecule has 1 aliphatic rings. The number of imide groups is 1. The quantitative estimate of drug-likeness (QED) is 0.203. The van der Waals surface area contributed by atoms with Crippen LogP contribution in [0.2, 0.25) is 0 Å². The highest BCUT2D eigenvalue weighted by atomic mass is 16.7. The van der Waals surface area contributed by atoms with Crippen molar-refractivity contribution in [1.29, 1.82) is 0 Å². The second-order valence-corrected chi connectivity index (χ2v) is 11.0. The van der Waals surface area contributed by atoms with Crippen LogP contribution in [0.1, 0.15) is 67.5 Å². The first-order valence-corrected chi connectivity index (χ1v) is 14.2. The number of nitrogens with zero attached hydrogens (tertiary/aromatic N) is 1. The number of β-lactam (4-membered cyclic amide) rings is 1. The molecule has 3 amide bonds.